The van der Waals surface area contributed by atoms with E-state index in [2.05, 4.69) is 0 Å². The molecule has 126 valence electrons. The van der Waals surface area contributed by atoms with Crippen LogP contribution in [0.25, 0.3) is 0 Å². The zero-order valence-corrected chi connectivity index (χ0v) is 12.7. The van der Waals surface area contributed by atoms with Crippen LogP contribution in [0.1, 0.15) is 40.4 Å². The van der Waals surface area contributed by atoms with Gasteiger partial charge in [-0.05, 0) is 48.7 Å². The molecule has 1 amide bonds. The molecule has 24 heavy (non-hydrogen) atoms. The first kappa shape index (κ1) is 16.5. The van der Waals surface area contributed by atoms with Gasteiger partial charge in [-0.3, -0.25) is 4.79 Å². The van der Waals surface area contributed by atoms with Crippen LogP contribution in [-0.4, -0.2) is 17.4 Å². The molecule has 0 bridgehead atoms. The number of rotatable bonds is 2. The first-order valence-electron chi connectivity index (χ1n) is 7.60. The summed E-state index contributed by atoms with van der Waals surface area (Å²) in [5.74, 6) is -0.862. The Labute approximate surface area is 136 Å². The number of nitrogens with zero attached hydrogens (tertiary/aromatic N) is 1. The van der Waals surface area contributed by atoms with Crippen molar-refractivity contribution in [3.63, 3.8) is 0 Å². The Morgan fingerprint density at radius 3 is 2.54 bits per heavy atom. The third kappa shape index (κ3) is 3.27. The van der Waals surface area contributed by atoms with Gasteiger partial charge < -0.3 is 4.90 Å². The van der Waals surface area contributed by atoms with Gasteiger partial charge in [0.15, 0.2) is 0 Å². The number of halogens is 4. The van der Waals surface area contributed by atoms with Gasteiger partial charge in [-0.1, -0.05) is 18.2 Å². The van der Waals surface area contributed by atoms with Crippen molar-refractivity contribution >= 4 is 5.91 Å². The summed E-state index contributed by atoms with van der Waals surface area (Å²) in [6, 6.07) is 10.1. The minimum absolute atomic E-state index is 0.00636. The first-order chi connectivity index (χ1) is 11.4. The summed E-state index contributed by atoms with van der Waals surface area (Å²) in [6.45, 7) is 0.441. The van der Waals surface area contributed by atoms with E-state index in [4.69, 9.17) is 0 Å². The van der Waals surface area contributed by atoms with Gasteiger partial charge in [-0.25, -0.2) is 4.39 Å². The maximum absolute atomic E-state index is 13.4. The predicted molar refractivity (Wildman–Crippen MR) is 80.9 cm³/mol. The molecule has 2 nitrogen and oxygen atoms in total. The van der Waals surface area contributed by atoms with Gasteiger partial charge in [-0.15, -0.1) is 0 Å². The van der Waals surface area contributed by atoms with E-state index in [1.807, 2.05) is 0 Å². The zero-order valence-electron chi connectivity index (χ0n) is 12.7. The van der Waals surface area contributed by atoms with Gasteiger partial charge in [0.2, 0.25) is 0 Å². The molecule has 2 aromatic carbocycles. The van der Waals surface area contributed by atoms with Crippen molar-refractivity contribution in [1.82, 2.24) is 4.90 Å². The summed E-state index contributed by atoms with van der Waals surface area (Å²) in [6.07, 6.45) is -3.11. The lowest BCUT2D eigenvalue weighted by Crippen LogP contribution is -2.30. The molecular formula is C18H15F4NO. The van der Waals surface area contributed by atoms with Crippen LogP contribution in [0, 0.1) is 5.82 Å². The molecule has 1 atom stereocenters. The van der Waals surface area contributed by atoms with Crippen molar-refractivity contribution in [3.05, 3.63) is 71.0 Å². The fourth-order valence-corrected chi connectivity index (χ4v) is 3.06. The summed E-state index contributed by atoms with van der Waals surface area (Å²) in [5, 5.41) is 0. The Morgan fingerprint density at radius 2 is 1.83 bits per heavy atom. The monoisotopic (exact) mass is 337 g/mol. The Bertz CT molecular complexity index is 757. The number of carbonyl (C=O) groups excluding carboxylic acids is 1. The second-order valence-corrected chi connectivity index (χ2v) is 5.79. The molecule has 0 spiro atoms. The van der Waals surface area contributed by atoms with Crippen molar-refractivity contribution in [2.75, 3.05) is 6.54 Å². The van der Waals surface area contributed by atoms with Crippen LogP contribution in [0.5, 0.6) is 0 Å². The van der Waals surface area contributed by atoms with Crippen molar-refractivity contribution < 1.29 is 22.4 Å². The van der Waals surface area contributed by atoms with Crippen LogP contribution in [0.3, 0.4) is 0 Å². The minimum Gasteiger partial charge on any atom is -0.332 e. The van der Waals surface area contributed by atoms with Gasteiger partial charge in [0.25, 0.3) is 5.91 Å². The summed E-state index contributed by atoms with van der Waals surface area (Å²) >= 11 is 0. The number of amides is 1. The summed E-state index contributed by atoms with van der Waals surface area (Å²) in [7, 11) is 0. The van der Waals surface area contributed by atoms with Gasteiger partial charge in [0, 0.05) is 12.1 Å². The van der Waals surface area contributed by atoms with Crippen molar-refractivity contribution in [3.8, 4) is 0 Å². The predicted octanol–water partition coefficient (Wildman–Crippen LogP) is 4.82. The molecule has 0 aliphatic carbocycles. The molecule has 6 heteroatoms. The molecule has 1 aliphatic rings. The van der Waals surface area contributed by atoms with Crippen LogP contribution in [0.2, 0.25) is 0 Å². The van der Waals surface area contributed by atoms with Gasteiger partial charge >= 0.3 is 6.18 Å². The normalized spacial score (nSPS) is 18.0. The molecule has 1 fully saturated rings. The summed E-state index contributed by atoms with van der Waals surface area (Å²) in [4.78, 5) is 14.2. The number of alkyl halides is 3. The second kappa shape index (κ2) is 6.26. The van der Waals surface area contributed by atoms with E-state index >= 15 is 0 Å². The Hall–Kier alpha value is -2.37. The molecule has 0 radical (unpaired) electrons. The lowest BCUT2D eigenvalue weighted by Gasteiger charge is -2.25. The average Bonchev–Trinajstić information content (AvgIpc) is 3.03. The molecule has 1 aliphatic heterocycles. The molecule has 3 rings (SSSR count). The van der Waals surface area contributed by atoms with Gasteiger partial charge in [0.1, 0.15) is 5.82 Å². The fraction of sp³-hybridized carbons (Fsp3) is 0.278. The van der Waals surface area contributed by atoms with Crippen molar-refractivity contribution in [1.29, 1.82) is 0 Å². The van der Waals surface area contributed by atoms with E-state index in [1.165, 1.54) is 29.2 Å². The van der Waals surface area contributed by atoms with E-state index in [1.54, 1.807) is 12.1 Å². The molecule has 0 aromatic heterocycles. The quantitative estimate of drug-likeness (QED) is 0.719. The lowest BCUT2D eigenvalue weighted by molar-refractivity contribution is -0.137. The highest BCUT2D eigenvalue weighted by Crippen LogP contribution is 2.34. The number of benzene rings is 2. The maximum Gasteiger partial charge on any atom is 0.416 e. The highest BCUT2D eigenvalue weighted by Gasteiger charge is 2.34. The number of carbonyl (C=O) groups is 1. The highest BCUT2D eigenvalue weighted by atomic mass is 19.4. The molecule has 0 N–H and O–H groups in total. The smallest absolute Gasteiger partial charge is 0.332 e. The third-order valence-electron chi connectivity index (χ3n) is 4.18. The van der Waals surface area contributed by atoms with Gasteiger partial charge in [-0.2, -0.15) is 13.2 Å². The standard InChI is InChI=1S/C18H15F4NO/c19-15-7-2-4-12(11-15)16-8-3-9-23(16)17(24)13-5-1-6-14(10-13)18(20,21)22/h1-2,4-7,10-11,16H,3,8-9H2/t16-/m0/s1. The van der Waals surface area contributed by atoms with Gasteiger partial charge in [0.05, 0.1) is 11.6 Å². The summed E-state index contributed by atoms with van der Waals surface area (Å²) < 4.78 is 51.9. The van der Waals surface area contributed by atoms with E-state index in [-0.39, 0.29) is 11.6 Å². The molecule has 2 aromatic rings. The second-order valence-electron chi connectivity index (χ2n) is 5.79. The SMILES string of the molecule is O=C(c1cccc(C(F)(F)F)c1)N1CCC[C@H]1c1cccc(F)c1. The molecular weight excluding hydrogens is 322 g/mol. The number of hydrogen-bond donors (Lipinski definition) is 0. The zero-order chi connectivity index (χ0) is 17.3. The van der Waals surface area contributed by atoms with Crippen LogP contribution < -0.4 is 0 Å². The van der Waals surface area contributed by atoms with Crippen LogP contribution >= 0.6 is 0 Å². The van der Waals surface area contributed by atoms with E-state index in [9.17, 15) is 22.4 Å². The fourth-order valence-electron chi connectivity index (χ4n) is 3.06. The van der Waals surface area contributed by atoms with Crippen LogP contribution in [0.15, 0.2) is 48.5 Å². The van der Waals surface area contributed by atoms with E-state index in [0.717, 1.165) is 18.6 Å². The third-order valence-corrected chi connectivity index (χ3v) is 4.18. The lowest BCUT2D eigenvalue weighted by atomic mass is 10.0. The van der Waals surface area contributed by atoms with E-state index < -0.39 is 23.5 Å². The number of hydrogen-bond acceptors (Lipinski definition) is 1. The van der Waals surface area contributed by atoms with Crippen molar-refractivity contribution in [2.24, 2.45) is 0 Å². The Kier molecular flexibility index (Phi) is 4.30. The maximum atomic E-state index is 13.4. The molecule has 1 saturated heterocycles. The average molecular weight is 337 g/mol. The Balaban J connectivity index is 1.89. The minimum atomic E-state index is -4.50. The number of likely N-dealkylation sites (tertiary alicyclic amines) is 1. The molecule has 0 unspecified atom stereocenters. The van der Waals surface area contributed by atoms with E-state index in [0.29, 0.717) is 18.5 Å². The molecule has 1 heterocycles. The topological polar surface area (TPSA) is 20.3 Å². The summed E-state index contributed by atoms with van der Waals surface area (Å²) in [5.41, 5.74) is -0.198. The highest BCUT2D eigenvalue weighted by molar-refractivity contribution is 5.94. The largest absolute Gasteiger partial charge is 0.416 e. The van der Waals surface area contributed by atoms with Crippen LogP contribution in [0.4, 0.5) is 17.6 Å². The van der Waals surface area contributed by atoms with Crippen molar-refractivity contribution in [2.45, 2.75) is 25.1 Å². The van der Waals surface area contributed by atoms with Crippen LogP contribution in [-0.2, 0) is 6.18 Å². The molecule has 0 saturated carbocycles. The Morgan fingerprint density at radius 1 is 1.08 bits per heavy atom. The first-order valence-corrected chi connectivity index (χ1v) is 7.60.